The molecule has 0 saturated carbocycles. The van der Waals surface area contributed by atoms with Crippen LogP contribution in [-0.2, 0) is 11.3 Å². The highest BCUT2D eigenvalue weighted by Crippen LogP contribution is 2.21. The molecule has 104 valence electrons. The van der Waals surface area contributed by atoms with E-state index in [0.717, 1.165) is 5.56 Å². The average molecular weight is 271 g/mol. The summed E-state index contributed by atoms with van der Waals surface area (Å²) in [7, 11) is 0. The van der Waals surface area contributed by atoms with Crippen LogP contribution in [0.4, 0.5) is 5.69 Å². The number of nitrogen functional groups attached to an aromatic ring is 1. The van der Waals surface area contributed by atoms with Crippen molar-refractivity contribution in [2.75, 3.05) is 12.3 Å². The summed E-state index contributed by atoms with van der Waals surface area (Å²) in [4.78, 5) is 11.6. The maximum Gasteiger partial charge on any atom is 0.340 e. The molecule has 20 heavy (non-hydrogen) atoms. The van der Waals surface area contributed by atoms with Crippen molar-refractivity contribution in [3.05, 3.63) is 59.7 Å². The van der Waals surface area contributed by atoms with Crippen LogP contribution in [0.3, 0.4) is 0 Å². The van der Waals surface area contributed by atoms with Crippen molar-refractivity contribution in [3.8, 4) is 5.75 Å². The molecule has 0 unspecified atom stereocenters. The van der Waals surface area contributed by atoms with Crippen LogP contribution in [0.2, 0.25) is 0 Å². The topological polar surface area (TPSA) is 61.5 Å². The van der Waals surface area contributed by atoms with Crippen LogP contribution >= 0.6 is 0 Å². The van der Waals surface area contributed by atoms with Crippen molar-refractivity contribution >= 4 is 11.7 Å². The second-order valence-electron chi connectivity index (χ2n) is 4.24. The highest BCUT2D eigenvalue weighted by atomic mass is 16.5. The summed E-state index contributed by atoms with van der Waals surface area (Å²) in [5.41, 5.74) is 7.63. The van der Waals surface area contributed by atoms with Crippen LogP contribution in [0.5, 0.6) is 5.75 Å². The number of benzene rings is 2. The third-order valence-electron chi connectivity index (χ3n) is 2.77. The number of carbonyl (C=O) groups is 1. The molecule has 4 nitrogen and oxygen atoms in total. The number of nitrogens with two attached hydrogens (primary N) is 1. The van der Waals surface area contributed by atoms with E-state index in [9.17, 15) is 4.79 Å². The summed E-state index contributed by atoms with van der Waals surface area (Å²) in [6, 6.07) is 14.8. The fraction of sp³-hybridized carbons (Fsp3) is 0.188. The Bertz CT molecular complexity index is 582. The van der Waals surface area contributed by atoms with Gasteiger partial charge in [-0.3, -0.25) is 0 Å². The summed E-state index contributed by atoms with van der Waals surface area (Å²) in [6.45, 7) is 2.54. The molecule has 0 spiro atoms. The van der Waals surface area contributed by atoms with Gasteiger partial charge < -0.3 is 15.2 Å². The molecular formula is C16H17NO3. The van der Waals surface area contributed by atoms with E-state index in [-0.39, 0.29) is 0 Å². The lowest BCUT2D eigenvalue weighted by Gasteiger charge is -2.09. The van der Waals surface area contributed by atoms with Crippen LogP contribution in [-0.4, -0.2) is 12.6 Å². The van der Waals surface area contributed by atoms with Crippen LogP contribution in [0, 0.1) is 0 Å². The first kappa shape index (κ1) is 13.9. The Hall–Kier alpha value is -2.49. The van der Waals surface area contributed by atoms with Crippen LogP contribution in [0.15, 0.2) is 48.5 Å². The van der Waals surface area contributed by atoms with Gasteiger partial charge in [0.1, 0.15) is 12.4 Å². The van der Waals surface area contributed by atoms with E-state index in [2.05, 4.69) is 0 Å². The van der Waals surface area contributed by atoms with Gasteiger partial charge in [-0.15, -0.1) is 0 Å². The van der Waals surface area contributed by atoms with Gasteiger partial charge >= 0.3 is 5.97 Å². The molecule has 0 fully saturated rings. The zero-order valence-electron chi connectivity index (χ0n) is 11.3. The molecule has 0 radical (unpaired) electrons. The molecule has 0 aliphatic rings. The monoisotopic (exact) mass is 271 g/mol. The maximum absolute atomic E-state index is 11.6. The van der Waals surface area contributed by atoms with E-state index in [1.165, 1.54) is 0 Å². The summed E-state index contributed by atoms with van der Waals surface area (Å²) in [6.07, 6.45) is 0. The summed E-state index contributed by atoms with van der Waals surface area (Å²) >= 11 is 0. The van der Waals surface area contributed by atoms with Gasteiger partial charge in [0.2, 0.25) is 0 Å². The van der Waals surface area contributed by atoms with Crippen molar-refractivity contribution in [1.82, 2.24) is 0 Å². The number of esters is 1. The van der Waals surface area contributed by atoms with E-state index in [1.54, 1.807) is 25.1 Å². The highest BCUT2D eigenvalue weighted by molar-refractivity contribution is 5.95. The SMILES string of the molecule is CCOC(=O)c1ccc(OCc2ccccc2)cc1N. The highest BCUT2D eigenvalue weighted by Gasteiger charge is 2.11. The number of ether oxygens (including phenoxy) is 2. The minimum atomic E-state index is -0.417. The van der Waals surface area contributed by atoms with Crippen LogP contribution in [0.1, 0.15) is 22.8 Å². The van der Waals surface area contributed by atoms with Gasteiger partial charge in [-0.2, -0.15) is 0 Å². The second-order valence-corrected chi connectivity index (χ2v) is 4.24. The number of anilines is 1. The summed E-state index contributed by atoms with van der Waals surface area (Å²) in [5, 5.41) is 0. The molecule has 0 amide bonds. The second kappa shape index (κ2) is 6.61. The Morgan fingerprint density at radius 1 is 1.15 bits per heavy atom. The third-order valence-corrected chi connectivity index (χ3v) is 2.77. The van der Waals surface area contributed by atoms with Crippen LogP contribution in [0.25, 0.3) is 0 Å². The lowest BCUT2D eigenvalue weighted by atomic mass is 10.1. The smallest absolute Gasteiger partial charge is 0.340 e. The van der Waals surface area contributed by atoms with Crippen LogP contribution < -0.4 is 10.5 Å². The van der Waals surface area contributed by atoms with Gasteiger partial charge in [-0.25, -0.2) is 4.79 Å². The maximum atomic E-state index is 11.6. The molecule has 0 heterocycles. The molecule has 0 aromatic heterocycles. The van der Waals surface area contributed by atoms with E-state index < -0.39 is 5.97 Å². The molecule has 2 aromatic rings. The Morgan fingerprint density at radius 2 is 1.90 bits per heavy atom. The third kappa shape index (κ3) is 3.51. The first-order valence-corrected chi connectivity index (χ1v) is 6.44. The number of carbonyl (C=O) groups excluding carboxylic acids is 1. The molecule has 0 aliphatic heterocycles. The van der Waals surface area contributed by atoms with Gasteiger partial charge in [0.05, 0.1) is 12.2 Å². The van der Waals surface area contributed by atoms with Crippen molar-refractivity contribution in [1.29, 1.82) is 0 Å². The number of rotatable bonds is 5. The van der Waals surface area contributed by atoms with Gasteiger partial charge in [-0.1, -0.05) is 30.3 Å². The molecule has 2 N–H and O–H groups in total. The lowest BCUT2D eigenvalue weighted by Crippen LogP contribution is -2.08. The van der Waals surface area contributed by atoms with Gasteiger partial charge in [0, 0.05) is 11.8 Å². The number of hydrogen-bond donors (Lipinski definition) is 1. The minimum Gasteiger partial charge on any atom is -0.489 e. The van der Waals surface area contributed by atoms with E-state index in [0.29, 0.717) is 30.2 Å². The predicted octanol–water partition coefficient (Wildman–Crippen LogP) is 3.02. The van der Waals surface area contributed by atoms with E-state index in [4.69, 9.17) is 15.2 Å². The molecule has 0 bridgehead atoms. The largest absolute Gasteiger partial charge is 0.489 e. The normalized spacial score (nSPS) is 10.1. The molecular weight excluding hydrogens is 254 g/mol. The quantitative estimate of drug-likeness (QED) is 0.670. The standard InChI is InChI=1S/C16H17NO3/c1-2-19-16(18)14-9-8-13(10-15(14)17)20-11-12-6-4-3-5-7-12/h3-10H,2,11,17H2,1H3. The average Bonchev–Trinajstić information content (AvgIpc) is 2.46. The van der Waals surface area contributed by atoms with Crippen molar-refractivity contribution in [2.45, 2.75) is 13.5 Å². The molecule has 2 aromatic carbocycles. The zero-order chi connectivity index (χ0) is 14.4. The summed E-state index contributed by atoms with van der Waals surface area (Å²) < 4.78 is 10.6. The van der Waals surface area contributed by atoms with E-state index >= 15 is 0 Å². The fourth-order valence-corrected chi connectivity index (χ4v) is 1.77. The fourth-order valence-electron chi connectivity index (χ4n) is 1.77. The minimum absolute atomic E-state index is 0.324. The molecule has 4 heteroatoms. The predicted molar refractivity (Wildman–Crippen MR) is 77.6 cm³/mol. The zero-order valence-corrected chi connectivity index (χ0v) is 11.3. The Balaban J connectivity index is 2.04. The molecule has 0 saturated heterocycles. The van der Waals surface area contributed by atoms with Crippen molar-refractivity contribution < 1.29 is 14.3 Å². The number of hydrogen-bond acceptors (Lipinski definition) is 4. The molecule has 0 aliphatic carbocycles. The molecule has 2 rings (SSSR count). The lowest BCUT2D eigenvalue weighted by molar-refractivity contribution is 0.0527. The Labute approximate surface area is 118 Å². The van der Waals surface area contributed by atoms with Gasteiger partial charge in [0.15, 0.2) is 0 Å². The van der Waals surface area contributed by atoms with Gasteiger partial charge in [-0.05, 0) is 24.6 Å². The van der Waals surface area contributed by atoms with Gasteiger partial charge in [0.25, 0.3) is 0 Å². The Kier molecular flexibility index (Phi) is 4.60. The first-order chi connectivity index (χ1) is 9.70. The molecule has 0 atom stereocenters. The van der Waals surface area contributed by atoms with Crippen molar-refractivity contribution in [3.63, 3.8) is 0 Å². The van der Waals surface area contributed by atoms with E-state index in [1.807, 2.05) is 30.3 Å². The Morgan fingerprint density at radius 3 is 2.55 bits per heavy atom. The first-order valence-electron chi connectivity index (χ1n) is 6.44. The van der Waals surface area contributed by atoms with Crippen molar-refractivity contribution in [2.24, 2.45) is 0 Å². The summed E-state index contributed by atoms with van der Waals surface area (Å²) in [5.74, 6) is 0.207.